The smallest absolute Gasteiger partial charge is 0.231 e. The first-order valence-corrected chi connectivity index (χ1v) is 7.15. The zero-order valence-corrected chi connectivity index (χ0v) is 11.3. The van der Waals surface area contributed by atoms with Crippen molar-refractivity contribution in [2.24, 2.45) is 4.99 Å². The molecule has 0 spiro atoms. The molecule has 0 saturated heterocycles. The van der Waals surface area contributed by atoms with Gasteiger partial charge < -0.3 is 9.47 Å². The zero-order chi connectivity index (χ0) is 13.1. The van der Waals surface area contributed by atoms with E-state index < -0.39 is 0 Å². The molecule has 2 aromatic rings. The average molecular weight is 271 g/mol. The lowest BCUT2D eigenvalue weighted by Gasteiger charge is -1.98. The van der Waals surface area contributed by atoms with Gasteiger partial charge in [0.05, 0.1) is 5.69 Å². The number of nitrogens with zero attached hydrogens (tertiary/aromatic N) is 1. The molecule has 3 nitrogen and oxygen atoms in total. The quantitative estimate of drug-likeness (QED) is 0.627. The summed E-state index contributed by atoms with van der Waals surface area (Å²) in [7, 11) is 0. The molecule has 96 valence electrons. The molecular formula is C15H13NO2S. The molecule has 3 rings (SSSR count). The molecular weight excluding hydrogens is 258 g/mol. The van der Waals surface area contributed by atoms with Gasteiger partial charge in [0.25, 0.3) is 0 Å². The summed E-state index contributed by atoms with van der Waals surface area (Å²) in [6.45, 7) is 0.298. The van der Waals surface area contributed by atoms with Crippen molar-refractivity contribution in [3.05, 3.63) is 48.0 Å². The Kier molecular flexibility index (Phi) is 3.42. The third-order valence-electron chi connectivity index (χ3n) is 2.83. The molecule has 1 heterocycles. The van der Waals surface area contributed by atoms with Crippen LogP contribution in [-0.2, 0) is 0 Å². The topological polar surface area (TPSA) is 30.8 Å². The van der Waals surface area contributed by atoms with Crippen molar-refractivity contribution < 1.29 is 9.47 Å². The van der Waals surface area contributed by atoms with Gasteiger partial charge >= 0.3 is 0 Å². The maximum Gasteiger partial charge on any atom is 0.231 e. The third-order valence-corrected chi connectivity index (χ3v) is 3.58. The van der Waals surface area contributed by atoms with Crippen molar-refractivity contribution in [1.82, 2.24) is 0 Å². The number of rotatable bonds is 3. The van der Waals surface area contributed by atoms with Gasteiger partial charge in [-0.3, -0.25) is 4.99 Å². The maximum atomic E-state index is 5.33. The molecule has 19 heavy (non-hydrogen) atoms. The van der Waals surface area contributed by atoms with E-state index in [9.17, 15) is 0 Å². The van der Waals surface area contributed by atoms with E-state index in [-0.39, 0.29) is 0 Å². The molecule has 0 aromatic heterocycles. The first kappa shape index (κ1) is 12.1. The van der Waals surface area contributed by atoms with Crippen LogP contribution < -0.4 is 9.47 Å². The van der Waals surface area contributed by atoms with Gasteiger partial charge in [0.1, 0.15) is 0 Å². The van der Waals surface area contributed by atoms with Gasteiger partial charge in [0.15, 0.2) is 11.5 Å². The Morgan fingerprint density at radius 2 is 1.84 bits per heavy atom. The predicted molar refractivity (Wildman–Crippen MR) is 78.0 cm³/mol. The fraction of sp³-hybridized carbons (Fsp3) is 0.133. The van der Waals surface area contributed by atoms with Gasteiger partial charge in [-0.05, 0) is 54.3 Å². The van der Waals surface area contributed by atoms with E-state index in [0.29, 0.717) is 6.79 Å². The highest BCUT2D eigenvalue weighted by Crippen LogP contribution is 2.32. The van der Waals surface area contributed by atoms with Gasteiger partial charge in [-0.15, -0.1) is 11.8 Å². The van der Waals surface area contributed by atoms with Crippen LogP contribution in [0.3, 0.4) is 0 Å². The lowest BCUT2D eigenvalue weighted by molar-refractivity contribution is 0.174. The summed E-state index contributed by atoms with van der Waals surface area (Å²) in [6, 6.07) is 14.0. The Balaban J connectivity index is 1.78. The van der Waals surface area contributed by atoms with Crippen LogP contribution in [0, 0.1) is 0 Å². The van der Waals surface area contributed by atoms with Gasteiger partial charge in [0.2, 0.25) is 6.79 Å². The number of ether oxygens (including phenoxy) is 2. The highest BCUT2D eigenvalue weighted by atomic mass is 32.2. The maximum absolute atomic E-state index is 5.33. The van der Waals surface area contributed by atoms with Crippen molar-refractivity contribution in [2.75, 3.05) is 13.0 Å². The molecule has 0 amide bonds. The van der Waals surface area contributed by atoms with Crippen LogP contribution in [0.4, 0.5) is 5.69 Å². The van der Waals surface area contributed by atoms with Crippen LogP contribution in [0.25, 0.3) is 0 Å². The van der Waals surface area contributed by atoms with Gasteiger partial charge in [-0.2, -0.15) is 0 Å². The summed E-state index contributed by atoms with van der Waals surface area (Å²) < 4.78 is 10.6. The highest BCUT2D eigenvalue weighted by molar-refractivity contribution is 7.98. The number of hydrogen-bond acceptors (Lipinski definition) is 4. The van der Waals surface area contributed by atoms with Crippen molar-refractivity contribution in [1.29, 1.82) is 0 Å². The molecule has 2 aromatic carbocycles. The molecule has 0 bridgehead atoms. The van der Waals surface area contributed by atoms with Crippen LogP contribution in [0.2, 0.25) is 0 Å². The number of benzene rings is 2. The molecule has 1 aliphatic rings. The summed E-state index contributed by atoms with van der Waals surface area (Å²) in [5, 5.41) is 0. The summed E-state index contributed by atoms with van der Waals surface area (Å²) in [5.74, 6) is 1.57. The Labute approximate surface area is 116 Å². The molecule has 0 saturated carbocycles. The SMILES string of the molecule is CSc1ccc(N=Cc2ccc3c(c2)OCO3)cc1. The average Bonchev–Trinajstić information content (AvgIpc) is 2.93. The second kappa shape index (κ2) is 5.36. The fourth-order valence-electron chi connectivity index (χ4n) is 1.81. The third kappa shape index (κ3) is 2.74. The van der Waals surface area contributed by atoms with E-state index in [4.69, 9.17) is 9.47 Å². The Bertz CT molecular complexity index is 608. The van der Waals surface area contributed by atoms with Crippen LogP contribution in [0.1, 0.15) is 5.56 Å². The largest absolute Gasteiger partial charge is 0.454 e. The minimum Gasteiger partial charge on any atom is -0.454 e. The first-order chi connectivity index (χ1) is 9.35. The summed E-state index contributed by atoms with van der Waals surface area (Å²) in [4.78, 5) is 5.68. The molecule has 1 aliphatic heterocycles. The number of aliphatic imine (C=N–C) groups is 1. The summed E-state index contributed by atoms with van der Waals surface area (Å²) >= 11 is 1.72. The summed E-state index contributed by atoms with van der Waals surface area (Å²) in [5.41, 5.74) is 1.94. The van der Waals surface area contributed by atoms with E-state index >= 15 is 0 Å². The fourth-order valence-corrected chi connectivity index (χ4v) is 2.22. The van der Waals surface area contributed by atoms with Gasteiger partial charge in [0, 0.05) is 11.1 Å². The van der Waals surface area contributed by atoms with Crippen LogP contribution >= 0.6 is 11.8 Å². The second-order valence-electron chi connectivity index (χ2n) is 4.07. The minimum absolute atomic E-state index is 0.298. The predicted octanol–water partition coefficient (Wildman–Crippen LogP) is 3.89. The van der Waals surface area contributed by atoms with Crippen molar-refractivity contribution >= 4 is 23.7 Å². The van der Waals surface area contributed by atoms with Crippen molar-refractivity contribution in [3.63, 3.8) is 0 Å². The summed E-state index contributed by atoms with van der Waals surface area (Å²) in [6.07, 6.45) is 3.89. The number of thioether (sulfide) groups is 1. The lowest BCUT2D eigenvalue weighted by Crippen LogP contribution is -1.92. The van der Waals surface area contributed by atoms with Crippen LogP contribution in [0.5, 0.6) is 11.5 Å². The molecule has 4 heteroatoms. The molecule has 0 aliphatic carbocycles. The van der Waals surface area contributed by atoms with Crippen molar-refractivity contribution in [3.8, 4) is 11.5 Å². The Morgan fingerprint density at radius 3 is 2.63 bits per heavy atom. The lowest BCUT2D eigenvalue weighted by atomic mass is 10.2. The molecule has 0 radical (unpaired) electrons. The number of fused-ring (bicyclic) bond motifs is 1. The molecule has 0 unspecified atom stereocenters. The van der Waals surface area contributed by atoms with E-state index in [1.807, 2.05) is 36.5 Å². The second-order valence-corrected chi connectivity index (χ2v) is 4.95. The normalized spacial score (nSPS) is 13.1. The molecule has 0 atom stereocenters. The van der Waals surface area contributed by atoms with Crippen molar-refractivity contribution in [2.45, 2.75) is 4.90 Å². The van der Waals surface area contributed by atoms with Crippen LogP contribution in [0.15, 0.2) is 52.4 Å². The van der Waals surface area contributed by atoms with Crippen LogP contribution in [-0.4, -0.2) is 19.3 Å². The molecule has 0 fully saturated rings. The number of hydrogen-bond donors (Lipinski definition) is 0. The van der Waals surface area contributed by atoms with Gasteiger partial charge in [-0.1, -0.05) is 0 Å². The zero-order valence-electron chi connectivity index (χ0n) is 10.5. The van der Waals surface area contributed by atoms with E-state index in [1.165, 1.54) is 4.90 Å². The molecule has 0 N–H and O–H groups in total. The minimum atomic E-state index is 0.298. The first-order valence-electron chi connectivity index (χ1n) is 5.93. The van der Waals surface area contributed by atoms with Gasteiger partial charge in [-0.25, -0.2) is 0 Å². The Morgan fingerprint density at radius 1 is 1.05 bits per heavy atom. The Hall–Kier alpha value is -1.94. The van der Waals surface area contributed by atoms with E-state index in [2.05, 4.69) is 23.4 Å². The van der Waals surface area contributed by atoms with E-state index in [1.54, 1.807) is 11.8 Å². The highest BCUT2D eigenvalue weighted by Gasteiger charge is 2.12. The monoisotopic (exact) mass is 271 g/mol. The van der Waals surface area contributed by atoms with E-state index in [0.717, 1.165) is 22.7 Å². The standard InChI is InChI=1S/C15H13NO2S/c1-19-13-5-3-12(4-6-13)16-9-11-2-7-14-15(8-11)18-10-17-14/h2-9H,10H2,1H3.